The number of amides is 1. The van der Waals surface area contributed by atoms with E-state index in [1.54, 1.807) is 6.92 Å². The van der Waals surface area contributed by atoms with Gasteiger partial charge in [-0.25, -0.2) is 9.36 Å². The molecule has 5 nitrogen and oxygen atoms in total. The summed E-state index contributed by atoms with van der Waals surface area (Å²) in [7, 11) is -3.81. The van der Waals surface area contributed by atoms with Crippen LogP contribution in [0.4, 0.5) is 4.79 Å². The number of nitrogens with one attached hydrogen (secondary N) is 1. The molecule has 0 bridgehead atoms. The SMILES string of the molecule is CCCP(=O)(O)OC(=O)NCC=C(C)CCC=C(C)CCC=C(C)CCC=C(C)C. The van der Waals surface area contributed by atoms with E-state index in [-0.39, 0.29) is 12.7 Å². The largest absolute Gasteiger partial charge is 0.413 e. The van der Waals surface area contributed by atoms with E-state index < -0.39 is 13.7 Å². The second-order valence-corrected chi connectivity index (χ2v) is 10.1. The summed E-state index contributed by atoms with van der Waals surface area (Å²) in [6.45, 7) is 12.7. The summed E-state index contributed by atoms with van der Waals surface area (Å²) < 4.78 is 16.1. The fourth-order valence-corrected chi connectivity index (χ4v) is 3.77. The van der Waals surface area contributed by atoms with Crippen LogP contribution in [0.3, 0.4) is 0 Å². The Morgan fingerprint density at radius 2 is 1.33 bits per heavy atom. The number of rotatable bonds is 14. The molecule has 0 spiro atoms. The van der Waals surface area contributed by atoms with E-state index in [0.717, 1.165) is 44.1 Å². The molecule has 1 amide bonds. The van der Waals surface area contributed by atoms with Gasteiger partial charge >= 0.3 is 13.7 Å². The van der Waals surface area contributed by atoms with Gasteiger partial charge in [-0.05, 0) is 79.6 Å². The molecule has 0 aromatic rings. The number of hydrogen-bond donors (Lipinski definition) is 2. The van der Waals surface area contributed by atoms with Gasteiger partial charge in [-0.1, -0.05) is 53.5 Å². The number of hydrogen-bond acceptors (Lipinski definition) is 3. The molecular weight excluding hydrogens is 397 g/mol. The van der Waals surface area contributed by atoms with Crippen LogP contribution in [0.25, 0.3) is 0 Å². The fourth-order valence-electron chi connectivity index (χ4n) is 2.79. The zero-order chi connectivity index (χ0) is 23.0. The molecule has 1 atom stereocenters. The predicted molar refractivity (Wildman–Crippen MR) is 128 cm³/mol. The summed E-state index contributed by atoms with van der Waals surface area (Å²) in [6.07, 6.45) is 14.7. The highest BCUT2D eigenvalue weighted by molar-refractivity contribution is 7.53. The van der Waals surface area contributed by atoms with Crippen LogP contribution in [0.2, 0.25) is 0 Å². The van der Waals surface area contributed by atoms with Gasteiger partial charge in [0.2, 0.25) is 0 Å². The molecule has 0 rings (SSSR count). The first-order valence-corrected chi connectivity index (χ1v) is 12.7. The van der Waals surface area contributed by atoms with Crippen LogP contribution in [-0.4, -0.2) is 23.7 Å². The number of carbonyl (C=O) groups is 1. The van der Waals surface area contributed by atoms with E-state index in [1.807, 2.05) is 13.0 Å². The van der Waals surface area contributed by atoms with Crippen molar-refractivity contribution in [1.29, 1.82) is 0 Å². The van der Waals surface area contributed by atoms with Crippen molar-refractivity contribution < 1.29 is 18.8 Å². The molecule has 0 fully saturated rings. The quantitative estimate of drug-likeness (QED) is 0.218. The highest BCUT2D eigenvalue weighted by atomic mass is 31.2. The van der Waals surface area contributed by atoms with Gasteiger partial charge in [0, 0.05) is 6.54 Å². The van der Waals surface area contributed by atoms with Gasteiger partial charge in [-0.15, -0.1) is 0 Å². The van der Waals surface area contributed by atoms with Crippen LogP contribution in [0.5, 0.6) is 0 Å². The van der Waals surface area contributed by atoms with Crippen molar-refractivity contribution in [2.75, 3.05) is 12.7 Å². The lowest BCUT2D eigenvalue weighted by Crippen LogP contribution is -2.23. The average molecular weight is 440 g/mol. The van der Waals surface area contributed by atoms with Crippen LogP contribution in [0.1, 0.15) is 86.5 Å². The second-order valence-electron chi connectivity index (χ2n) is 8.17. The fraction of sp³-hybridized carbons (Fsp3) is 0.625. The van der Waals surface area contributed by atoms with Gasteiger partial charge in [-0.2, -0.15) is 0 Å². The van der Waals surface area contributed by atoms with E-state index >= 15 is 0 Å². The zero-order valence-corrected chi connectivity index (χ0v) is 20.7. The molecule has 0 saturated heterocycles. The molecule has 6 heteroatoms. The van der Waals surface area contributed by atoms with Crippen LogP contribution in [0, 0.1) is 0 Å². The van der Waals surface area contributed by atoms with Crippen LogP contribution >= 0.6 is 7.60 Å². The maximum Gasteiger partial charge on any atom is 0.413 e. The minimum Gasteiger partial charge on any atom is -0.375 e. The topological polar surface area (TPSA) is 75.6 Å². The van der Waals surface area contributed by atoms with E-state index in [0.29, 0.717) is 6.42 Å². The Hall–Kier alpha value is -1.58. The first-order chi connectivity index (χ1) is 14.1. The van der Waals surface area contributed by atoms with E-state index in [1.165, 1.54) is 16.7 Å². The van der Waals surface area contributed by atoms with E-state index in [9.17, 15) is 14.3 Å². The van der Waals surface area contributed by atoms with Gasteiger partial charge in [0.05, 0.1) is 6.16 Å². The number of carbonyl (C=O) groups excluding carboxylic acids is 1. The Kier molecular flexibility index (Phi) is 15.3. The summed E-state index contributed by atoms with van der Waals surface area (Å²) in [5.41, 5.74) is 5.39. The van der Waals surface area contributed by atoms with Crippen LogP contribution in [-0.2, 0) is 9.09 Å². The lowest BCUT2D eigenvalue weighted by Gasteiger charge is -2.11. The third-order valence-corrected chi connectivity index (χ3v) is 6.05. The van der Waals surface area contributed by atoms with Crippen molar-refractivity contribution in [2.45, 2.75) is 86.5 Å². The monoisotopic (exact) mass is 439 g/mol. The molecule has 0 aromatic carbocycles. The molecule has 172 valence electrons. The molecule has 0 aliphatic heterocycles. The first kappa shape index (κ1) is 28.4. The van der Waals surface area contributed by atoms with Crippen molar-refractivity contribution in [2.24, 2.45) is 0 Å². The molecule has 30 heavy (non-hydrogen) atoms. The normalized spacial score (nSPS) is 14.8. The van der Waals surface area contributed by atoms with Gasteiger partial charge < -0.3 is 14.7 Å². The maximum atomic E-state index is 11.6. The van der Waals surface area contributed by atoms with Crippen LogP contribution < -0.4 is 5.32 Å². The second kappa shape index (κ2) is 16.2. The molecule has 0 aliphatic rings. The smallest absolute Gasteiger partial charge is 0.375 e. The molecule has 1 unspecified atom stereocenters. The first-order valence-electron chi connectivity index (χ1n) is 10.9. The molecule has 0 radical (unpaired) electrons. The van der Waals surface area contributed by atoms with Gasteiger partial charge in [0.15, 0.2) is 0 Å². The van der Waals surface area contributed by atoms with Crippen LogP contribution in [0.15, 0.2) is 46.6 Å². The summed E-state index contributed by atoms with van der Waals surface area (Å²) >= 11 is 0. The van der Waals surface area contributed by atoms with Gasteiger partial charge in [-0.3, -0.25) is 0 Å². The lowest BCUT2D eigenvalue weighted by atomic mass is 10.0. The number of allylic oxidation sites excluding steroid dienone is 7. The summed E-state index contributed by atoms with van der Waals surface area (Å²) in [6, 6.07) is 0. The molecular formula is C24H42NO4P. The standard InChI is InChI=1S/C24H42NO4P/c1-7-19-30(27,28)29-24(26)25-18-17-23(6)16-10-15-22(5)14-9-13-21(4)12-8-11-20(2)3/h11,13,15,17H,7-10,12,14,16,18-19H2,1-6H3,(H,25,26)(H,27,28). The minimum atomic E-state index is -3.81. The highest BCUT2D eigenvalue weighted by Gasteiger charge is 2.22. The van der Waals surface area contributed by atoms with Crippen molar-refractivity contribution in [3.05, 3.63) is 46.6 Å². The molecule has 0 heterocycles. The molecule has 2 N–H and O–H groups in total. The maximum absolute atomic E-state index is 11.6. The molecule has 0 saturated carbocycles. The van der Waals surface area contributed by atoms with E-state index in [4.69, 9.17) is 0 Å². The van der Waals surface area contributed by atoms with Crippen molar-refractivity contribution in [3.8, 4) is 0 Å². The lowest BCUT2D eigenvalue weighted by molar-refractivity contribution is 0.194. The predicted octanol–water partition coefficient (Wildman–Crippen LogP) is 7.45. The van der Waals surface area contributed by atoms with Gasteiger partial charge in [0.25, 0.3) is 0 Å². The van der Waals surface area contributed by atoms with E-state index in [2.05, 4.69) is 55.8 Å². The summed E-state index contributed by atoms with van der Waals surface area (Å²) in [5, 5.41) is 2.49. The average Bonchev–Trinajstić information content (AvgIpc) is 2.60. The Morgan fingerprint density at radius 3 is 1.80 bits per heavy atom. The third-order valence-electron chi connectivity index (χ3n) is 4.58. The van der Waals surface area contributed by atoms with Gasteiger partial charge in [0.1, 0.15) is 0 Å². The summed E-state index contributed by atoms with van der Waals surface area (Å²) in [4.78, 5) is 21.0. The summed E-state index contributed by atoms with van der Waals surface area (Å²) in [5.74, 6) is 0. The Morgan fingerprint density at radius 1 is 0.867 bits per heavy atom. The Labute approximate surface area is 183 Å². The Balaban J connectivity index is 4.13. The van der Waals surface area contributed by atoms with Crippen molar-refractivity contribution in [3.63, 3.8) is 0 Å². The molecule has 0 aliphatic carbocycles. The zero-order valence-electron chi connectivity index (χ0n) is 19.8. The minimum absolute atomic E-state index is 0.0216. The van der Waals surface area contributed by atoms with Crippen molar-refractivity contribution in [1.82, 2.24) is 5.32 Å². The van der Waals surface area contributed by atoms with Crippen molar-refractivity contribution >= 4 is 13.7 Å². The highest BCUT2D eigenvalue weighted by Crippen LogP contribution is 2.42. The third kappa shape index (κ3) is 17.3. The Bertz CT molecular complexity index is 685. The molecule has 0 aromatic heterocycles.